The Kier molecular flexibility index (Phi) is 5.46. The lowest BCUT2D eigenvalue weighted by atomic mass is 9.91. The predicted octanol–water partition coefficient (Wildman–Crippen LogP) is 4.73. The molecule has 2 aromatic heterocycles. The average molecular weight is 394 g/mol. The summed E-state index contributed by atoms with van der Waals surface area (Å²) in [6, 6.07) is 8.25. The summed E-state index contributed by atoms with van der Waals surface area (Å²) in [7, 11) is 4.31. The van der Waals surface area contributed by atoms with Crippen molar-refractivity contribution in [3.63, 3.8) is 0 Å². The van der Waals surface area contributed by atoms with E-state index in [0.717, 1.165) is 40.7 Å². The van der Waals surface area contributed by atoms with Gasteiger partial charge in [0, 0.05) is 17.6 Å². The Morgan fingerprint density at radius 2 is 1.76 bits per heavy atom. The minimum absolute atomic E-state index is 0.221. The van der Waals surface area contributed by atoms with Crippen LogP contribution in [0, 0.1) is 19.7 Å². The maximum atomic E-state index is 14.0. The number of aryl methyl sites for hydroxylation is 2. The van der Waals surface area contributed by atoms with Gasteiger partial charge in [-0.05, 0) is 76.9 Å². The first-order chi connectivity index (χ1) is 13.9. The van der Waals surface area contributed by atoms with Gasteiger partial charge < -0.3 is 10.2 Å². The highest BCUT2D eigenvalue weighted by molar-refractivity contribution is 5.81. The van der Waals surface area contributed by atoms with Crippen molar-refractivity contribution < 1.29 is 4.39 Å². The summed E-state index contributed by atoms with van der Waals surface area (Å²) in [6.45, 7) is 3.77. The predicted molar refractivity (Wildman–Crippen MR) is 116 cm³/mol. The molecular weight excluding hydrogens is 365 g/mol. The van der Waals surface area contributed by atoms with Crippen LogP contribution in [-0.4, -0.2) is 46.0 Å². The van der Waals surface area contributed by atoms with Crippen LogP contribution >= 0.6 is 0 Å². The molecule has 1 aliphatic carbocycles. The van der Waals surface area contributed by atoms with Crippen LogP contribution in [0.4, 0.5) is 10.3 Å². The van der Waals surface area contributed by atoms with E-state index in [4.69, 9.17) is 4.98 Å². The van der Waals surface area contributed by atoms with Crippen LogP contribution in [0.2, 0.25) is 0 Å². The van der Waals surface area contributed by atoms with Crippen molar-refractivity contribution in [2.45, 2.75) is 51.6 Å². The van der Waals surface area contributed by atoms with Gasteiger partial charge in [-0.1, -0.05) is 12.1 Å². The number of pyridine rings is 1. The number of benzene rings is 1. The van der Waals surface area contributed by atoms with Gasteiger partial charge in [-0.25, -0.2) is 19.3 Å². The molecule has 5 nitrogen and oxygen atoms in total. The van der Waals surface area contributed by atoms with E-state index in [1.54, 1.807) is 19.2 Å². The third-order valence-electron chi connectivity index (χ3n) is 5.96. The molecule has 0 saturated heterocycles. The van der Waals surface area contributed by atoms with E-state index in [0.29, 0.717) is 23.6 Å². The molecule has 0 aliphatic heterocycles. The number of anilines is 1. The van der Waals surface area contributed by atoms with Crippen LogP contribution in [0.25, 0.3) is 22.3 Å². The topological polar surface area (TPSA) is 53.9 Å². The second-order valence-corrected chi connectivity index (χ2v) is 8.33. The first kappa shape index (κ1) is 19.7. The molecule has 1 saturated carbocycles. The molecule has 0 spiro atoms. The van der Waals surface area contributed by atoms with Crippen LogP contribution in [0.3, 0.4) is 0 Å². The van der Waals surface area contributed by atoms with Crippen molar-refractivity contribution in [2.24, 2.45) is 0 Å². The summed E-state index contributed by atoms with van der Waals surface area (Å²) >= 11 is 0. The van der Waals surface area contributed by atoms with Crippen molar-refractivity contribution in [1.29, 1.82) is 0 Å². The normalized spacial score (nSPS) is 19.7. The van der Waals surface area contributed by atoms with Crippen molar-refractivity contribution in [3.05, 3.63) is 47.4 Å². The van der Waals surface area contributed by atoms with Crippen LogP contribution in [0.1, 0.15) is 36.8 Å². The zero-order valence-electron chi connectivity index (χ0n) is 17.5. The third-order valence-corrected chi connectivity index (χ3v) is 5.96. The molecule has 6 heteroatoms. The summed E-state index contributed by atoms with van der Waals surface area (Å²) in [5.74, 6) is 0.437. The largest absolute Gasteiger partial charge is 0.351 e. The maximum Gasteiger partial charge on any atom is 0.223 e. The highest BCUT2D eigenvalue weighted by Gasteiger charge is 2.23. The van der Waals surface area contributed by atoms with Gasteiger partial charge in [0.15, 0.2) is 0 Å². The van der Waals surface area contributed by atoms with E-state index in [1.807, 2.05) is 19.1 Å². The molecule has 4 rings (SSSR count). The number of nitrogens with one attached hydrogen (secondary N) is 1. The number of halogens is 1. The van der Waals surface area contributed by atoms with Crippen LogP contribution in [0.5, 0.6) is 0 Å². The lowest BCUT2D eigenvalue weighted by Crippen LogP contribution is -2.36. The van der Waals surface area contributed by atoms with Crippen LogP contribution in [0.15, 0.2) is 30.5 Å². The second kappa shape index (κ2) is 8.03. The number of aromatic nitrogens is 3. The Labute approximate surface area is 171 Å². The monoisotopic (exact) mass is 393 g/mol. The minimum Gasteiger partial charge on any atom is -0.351 e. The second-order valence-electron chi connectivity index (χ2n) is 8.33. The zero-order valence-corrected chi connectivity index (χ0v) is 17.5. The van der Waals surface area contributed by atoms with E-state index >= 15 is 0 Å². The minimum atomic E-state index is -0.221. The van der Waals surface area contributed by atoms with E-state index in [-0.39, 0.29) is 5.82 Å². The Bertz CT molecular complexity index is 1030. The number of nitrogens with zero attached hydrogens (tertiary/aromatic N) is 4. The summed E-state index contributed by atoms with van der Waals surface area (Å²) < 4.78 is 14.0. The summed E-state index contributed by atoms with van der Waals surface area (Å²) in [6.07, 6.45) is 6.39. The van der Waals surface area contributed by atoms with Crippen molar-refractivity contribution >= 4 is 17.0 Å². The van der Waals surface area contributed by atoms with E-state index in [9.17, 15) is 4.39 Å². The molecule has 1 aliphatic rings. The first-order valence-electron chi connectivity index (χ1n) is 10.2. The van der Waals surface area contributed by atoms with Crippen molar-refractivity contribution in [2.75, 3.05) is 19.4 Å². The lowest BCUT2D eigenvalue weighted by molar-refractivity contribution is 0.221. The average Bonchev–Trinajstić information content (AvgIpc) is 2.71. The highest BCUT2D eigenvalue weighted by Crippen LogP contribution is 2.27. The molecule has 0 bridgehead atoms. The van der Waals surface area contributed by atoms with Crippen molar-refractivity contribution in [1.82, 2.24) is 19.9 Å². The van der Waals surface area contributed by atoms with Crippen LogP contribution in [-0.2, 0) is 0 Å². The van der Waals surface area contributed by atoms with Gasteiger partial charge in [-0.3, -0.25) is 0 Å². The molecular formula is C23H28FN5. The molecule has 152 valence electrons. The third kappa shape index (κ3) is 4.22. The Morgan fingerprint density at radius 3 is 2.45 bits per heavy atom. The number of hydrogen-bond acceptors (Lipinski definition) is 5. The molecule has 2 heterocycles. The number of fused-ring (bicyclic) bond motifs is 1. The zero-order chi connectivity index (χ0) is 20.5. The Balaban J connectivity index is 1.55. The van der Waals surface area contributed by atoms with Gasteiger partial charge in [0.25, 0.3) is 0 Å². The fraction of sp³-hybridized carbons (Fsp3) is 0.435. The smallest absolute Gasteiger partial charge is 0.223 e. The molecule has 3 aromatic rings. The molecule has 29 heavy (non-hydrogen) atoms. The molecule has 0 atom stereocenters. The van der Waals surface area contributed by atoms with Crippen molar-refractivity contribution in [3.8, 4) is 11.3 Å². The van der Waals surface area contributed by atoms with Crippen LogP contribution < -0.4 is 5.32 Å². The van der Waals surface area contributed by atoms with Gasteiger partial charge in [-0.15, -0.1) is 0 Å². The number of rotatable bonds is 4. The number of hydrogen-bond donors (Lipinski definition) is 1. The van der Waals surface area contributed by atoms with Gasteiger partial charge in [-0.2, -0.15) is 0 Å². The fourth-order valence-corrected chi connectivity index (χ4v) is 4.07. The summed E-state index contributed by atoms with van der Waals surface area (Å²) in [5.41, 5.74) is 4.69. The van der Waals surface area contributed by atoms with E-state index < -0.39 is 0 Å². The first-order valence-corrected chi connectivity index (χ1v) is 10.2. The summed E-state index contributed by atoms with van der Waals surface area (Å²) in [4.78, 5) is 16.2. The molecule has 0 unspecified atom stereocenters. The highest BCUT2D eigenvalue weighted by atomic mass is 19.1. The van der Waals surface area contributed by atoms with Gasteiger partial charge in [0.05, 0.1) is 17.4 Å². The molecule has 0 amide bonds. The SMILES string of the molecule is Cc1ccc(-c2cc(C)c3nc(NC4CCC(N(C)C)CC4)ncc3n2)cc1F. The standard InChI is InChI=1S/C23H28FN5/c1-14-5-6-16(12-19(14)24)20-11-15(2)22-21(27-20)13-25-23(28-22)26-17-7-9-18(10-8-17)29(3)4/h5-6,11-13,17-18H,7-10H2,1-4H3,(H,25,26,28). The fourth-order valence-electron chi connectivity index (χ4n) is 4.07. The maximum absolute atomic E-state index is 14.0. The van der Waals surface area contributed by atoms with E-state index in [2.05, 4.69) is 34.3 Å². The Morgan fingerprint density at radius 1 is 1.00 bits per heavy atom. The molecule has 0 radical (unpaired) electrons. The van der Waals surface area contributed by atoms with Gasteiger partial charge >= 0.3 is 0 Å². The molecule has 1 N–H and O–H groups in total. The Hall–Kier alpha value is -2.60. The lowest BCUT2D eigenvalue weighted by Gasteiger charge is -2.32. The molecule has 1 fully saturated rings. The van der Waals surface area contributed by atoms with E-state index in [1.165, 1.54) is 18.9 Å². The van der Waals surface area contributed by atoms with Gasteiger partial charge in [0.1, 0.15) is 11.3 Å². The van der Waals surface area contributed by atoms with Gasteiger partial charge in [0.2, 0.25) is 5.95 Å². The summed E-state index contributed by atoms with van der Waals surface area (Å²) in [5, 5.41) is 3.50. The quantitative estimate of drug-likeness (QED) is 0.694. The molecule has 1 aromatic carbocycles.